The smallest absolute Gasteiger partial charge is 0.253 e. The first-order valence-corrected chi connectivity index (χ1v) is 10.7. The Balaban J connectivity index is 1.81. The average molecular weight is 372 g/mol. The number of carbonyl (C=O) groups excluding carboxylic acids is 1. The second-order valence-corrected chi connectivity index (χ2v) is 8.56. The third kappa shape index (κ3) is 4.43. The van der Waals surface area contributed by atoms with Crippen LogP contribution >= 0.6 is 0 Å². The molecule has 0 atom stereocenters. The lowest BCUT2D eigenvalue weighted by Crippen LogP contribution is -2.35. The molecule has 0 unspecified atom stereocenters. The Hall–Kier alpha value is -2.34. The molecule has 1 saturated heterocycles. The lowest BCUT2D eigenvalue weighted by atomic mass is 10.1. The van der Waals surface area contributed by atoms with E-state index in [1.165, 1.54) is 17.0 Å². The van der Waals surface area contributed by atoms with Gasteiger partial charge in [-0.2, -0.15) is 0 Å². The maximum absolute atomic E-state index is 12.6. The highest BCUT2D eigenvalue weighted by Gasteiger charge is 2.21. The molecule has 1 fully saturated rings. The van der Waals surface area contributed by atoms with Crippen LogP contribution in [-0.4, -0.2) is 38.6 Å². The van der Waals surface area contributed by atoms with Crippen molar-refractivity contribution in [2.45, 2.75) is 25.8 Å². The average Bonchev–Trinajstić information content (AvgIpc) is 2.66. The molecule has 138 valence electrons. The van der Waals surface area contributed by atoms with Crippen molar-refractivity contribution in [1.29, 1.82) is 0 Å². The number of piperidine rings is 1. The number of anilines is 1. The van der Waals surface area contributed by atoms with E-state index in [-0.39, 0.29) is 12.5 Å². The predicted molar refractivity (Wildman–Crippen MR) is 104 cm³/mol. The molecule has 0 bridgehead atoms. The molecular weight excluding hydrogens is 348 g/mol. The van der Waals surface area contributed by atoms with Crippen molar-refractivity contribution >= 4 is 21.6 Å². The largest absolute Gasteiger partial charge is 0.339 e. The van der Waals surface area contributed by atoms with Crippen molar-refractivity contribution in [3.05, 3.63) is 65.7 Å². The number of hydrogen-bond acceptors (Lipinski definition) is 3. The number of nitrogens with zero attached hydrogens (tertiary/aromatic N) is 2. The van der Waals surface area contributed by atoms with E-state index in [0.29, 0.717) is 11.3 Å². The van der Waals surface area contributed by atoms with E-state index < -0.39 is 10.0 Å². The molecule has 1 aliphatic heterocycles. The highest BCUT2D eigenvalue weighted by atomic mass is 32.2. The Bertz CT molecular complexity index is 842. The highest BCUT2D eigenvalue weighted by molar-refractivity contribution is 7.92. The van der Waals surface area contributed by atoms with Gasteiger partial charge in [0.2, 0.25) is 10.0 Å². The minimum Gasteiger partial charge on any atom is -0.339 e. The van der Waals surface area contributed by atoms with Crippen LogP contribution in [0.2, 0.25) is 0 Å². The minimum absolute atomic E-state index is 0.0187. The molecule has 1 amide bonds. The Morgan fingerprint density at radius 3 is 2.15 bits per heavy atom. The summed E-state index contributed by atoms with van der Waals surface area (Å²) in [6, 6.07) is 16.3. The van der Waals surface area contributed by atoms with Crippen LogP contribution in [0.5, 0.6) is 0 Å². The van der Waals surface area contributed by atoms with E-state index in [1.807, 2.05) is 35.2 Å². The fourth-order valence-corrected chi connectivity index (χ4v) is 4.09. The van der Waals surface area contributed by atoms with Crippen LogP contribution in [0, 0.1) is 0 Å². The van der Waals surface area contributed by atoms with E-state index in [4.69, 9.17) is 0 Å². The van der Waals surface area contributed by atoms with Gasteiger partial charge in [-0.15, -0.1) is 0 Å². The van der Waals surface area contributed by atoms with Crippen molar-refractivity contribution in [2.24, 2.45) is 0 Å². The summed E-state index contributed by atoms with van der Waals surface area (Å²) in [4.78, 5) is 14.4. The van der Waals surface area contributed by atoms with Gasteiger partial charge in [0.05, 0.1) is 18.5 Å². The number of amides is 1. The summed E-state index contributed by atoms with van der Waals surface area (Å²) in [5.41, 5.74) is 2.07. The summed E-state index contributed by atoms with van der Waals surface area (Å²) in [6.07, 6.45) is 4.46. The van der Waals surface area contributed by atoms with Gasteiger partial charge in [-0.3, -0.25) is 9.10 Å². The van der Waals surface area contributed by atoms with E-state index >= 15 is 0 Å². The lowest BCUT2D eigenvalue weighted by Gasteiger charge is -2.27. The van der Waals surface area contributed by atoms with Crippen molar-refractivity contribution < 1.29 is 13.2 Å². The molecule has 0 radical (unpaired) electrons. The number of carbonyl (C=O) groups is 1. The van der Waals surface area contributed by atoms with Crippen molar-refractivity contribution in [3.63, 3.8) is 0 Å². The number of rotatable bonds is 5. The quantitative estimate of drug-likeness (QED) is 0.809. The van der Waals surface area contributed by atoms with E-state index in [9.17, 15) is 13.2 Å². The van der Waals surface area contributed by atoms with Gasteiger partial charge in [0.1, 0.15) is 0 Å². The van der Waals surface area contributed by atoms with Crippen molar-refractivity contribution in [3.8, 4) is 0 Å². The molecule has 0 saturated carbocycles. The maximum atomic E-state index is 12.6. The zero-order valence-electron chi connectivity index (χ0n) is 15.0. The molecule has 5 nitrogen and oxygen atoms in total. The SMILES string of the molecule is CS(=O)(=O)N(Cc1ccccc1)c1ccc(C(=O)N2CCCCC2)cc1. The first kappa shape index (κ1) is 18.5. The zero-order chi connectivity index (χ0) is 18.6. The number of benzene rings is 2. The van der Waals surface area contributed by atoms with Crippen LogP contribution in [0.15, 0.2) is 54.6 Å². The molecule has 0 N–H and O–H groups in total. The Kier molecular flexibility index (Phi) is 5.61. The van der Waals surface area contributed by atoms with Gasteiger partial charge in [-0.25, -0.2) is 8.42 Å². The second kappa shape index (κ2) is 7.91. The van der Waals surface area contributed by atoms with Crippen LogP contribution in [0.1, 0.15) is 35.2 Å². The molecule has 0 aromatic heterocycles. The molecule has 0 spiro atoms. The molecule has 2 aromatic carbocycles. The Labute approximate surface area is 155 Å². The standard InChI is InChI=1S/C20H24N2O3S/c1-26(24,25)22(16-17-8-4-2-5-9-17)19-12-10-18(11-13-19)20(23)21-14-6-3-7-15-21/h2,4-5,8-13H,3,6-7,14-16H2,1H3. The van der Waals surface area contributed by atoms with Gasteiger partial charge in [-0.05, 0) is 49.1 Å². The fourth-order valence-electron chi connectivity index (χ4n) is 3.20. The summed E-state index contributed by atoms with van der Waals surface area (Å²) in [7, 11) is -3.43. The number of likely N-dealkylation sites (tertiary alicyclic amines) is 1. The molecule has 1 heterocycles. The number of hydrogen-bond donors (Lipinski definition) is 0. The summed E-state index contributed by atoms with van der Waals surface area (Å²) in [5, 5.41) is 0. The van der Waals surface area contributed by atoms with Gasteiger partial charge in [0, 0.05) is 18.7 Å². The number of sulfonamides is 1. The maximum Gasteiger partial charge on any atom is 0.253 e. The highest BCUT2D eigenvalue weighted by Crippen LogP contribution is 2.22. The van der Waals surface area contributed by atoms with Gasteiger partial charge >= 0.3 is 0 Å². The lowest BCUT2D eigenvalue weighted by molar-refractivity contribution is 0.0724. The summed E-state index contributed by atoms with van der Waals surface area (Å²) in [6.45, 7) is 1.85. The second-order valence-electron chi connectivity index (χ2n) is 6.65. The van der Waals surface area contributed by atoms with E-state index in [1.54, 1.807) is 24.3 Å². The summed E-state index contributed by atoms with van der Waals surface area (Å²) in [5.74, 6) is 0.0187. The van der Waals surface area contributed by atoms with Crippen LogP contribution < -0.4 is 4.31 Å². The topological polar surface area (TPSA) is 57.7 Å². The minimum atomic E-state index is -3.43. The molecule has 6 heteroatoms. The predicted octanol–water partition coefficient (Wildman–Crippen LogP) is 3.28. The molecule has 0 aliphatic carbocycles. The molecular formula is C20H24N2O3S. The summed E-state index contributed by atoms with van der Waals surface area (Å²) >= 11 is 0. The van der Waals surface area contributed by atoms with Gasteiger partial charge < -0.3 is 4.90 Å². The monoisotopic (exact) mass is 372 g/mol. The molecule has 1 aliphatic rings. The van der Waals surface area contributed by atoms with Gasteiger partial charge in [-0.1, -0.05) is 30.3 Å². The van der Waals surface area contributed by atoms with Crippen LogP contribution in [0.3, 0.4) is 0 Å². The normalized spacial score (nSPS) is 14.9. The van der Waals surface area contributed by atoms with Crippen molar-refractivity contribution in [2.75, 3.05) is 23.7 Å². The van der Waals surface area contributed by atoms with Crippen LogP contribution in [-0.2, 0) is 16.6 Å². The Morgan fingerprint density at radius 1 is 0.962 bits per heavy atom. The Morgan fingerprint density at radius 2 is 1.58 bits per heavy atom. The fraction of sp³-hybridized carbons (Fsp3) is 0.350. The molecule has 2 aromatic rings. The summed E-state index contributed by atoms with van der Waals surface area (Å²) < 4.78 is 25.9. The third-order valence-electron chi connectivity index (χ3n) is 4.61. The van der Waals surface area contributed by atoms with Gasteiger partial charge in [0.25, 0.3) is 5.91 Å². The third-order valence-corrected chi connectivity index (χ3v) is 5.76. The van der Waals surface area contributed by atoms with E-state index in [2.05, 4.69) is 0 Å². The molecule has 3 rings (SSSR count). The first-order valence-electron chi connectivity index (χ1n) is 8.86. The van der Waals surface area contributed by atoms with Crippen LogP contribution in [0.25, 0.3) is 0 Å². The van der Waals surface area contributed by atoms with Crippen molar-refractivity contribution in [1.82, 2.24) is 4.90 Å². The first-order chi connectivity index (χ1) is 12.4. The van der Waals surface area contributed by atoms with E-state index in [0.717, 1.165) is 31.5 Å². The molecule has 26 heavy (non-hydrogen) atoms. The van der Waals surface area contributed by atoms with Gasteiger partial charge in [0.15, 0.2) is 0 Å². The van der Waals surface area contributed by atoms with Crippen LogP contribution in [0.4, 0.5) is 5.69 Å². The zero-order valence-corrected chi connectivity index (χ0v) is 15.8.